The largest absolute Gasteiger partial charge is 0.507 e. The molecule has 0 radical (unpaired) electrons. The first-order chi connectivity index (χ1) is 7.84. The third kappa shape index (κ3) is 1.32. The number of aromatic nitrogens is 3. The van der Waals surface area contributed by atoms with Crippen LogP contribution in [-0.2, 0) is 0 Å². The zero-order chi connectivity index (χ0) is 11.0. The second kappa shape index (κ2) is 3.34. The zero-order valence-electron chi connectivity index (χ0n) is 8.41. The van der Waals surface area contributed by atoms with Gasteiger partial charge < -0.3 is 5.11 Å². The predicted molar refractivity (Wildman–Crippen MR) is 60.5 cm³/mol. The Labute approximate surface area is 91.8 Å². The number of benzene rings is 1. The smallest absolute Gasteiger partial charge is 0.126 e. The van der Waals surface area contributed by atoms with Crippen LogP contribution in [0.3, 0.4) is 0 Å². The number of pyridine rings is 1. The molecule has 3 rings (SSSR count). The van der Waals surface area contributed by atoms with Crippen molar-refractivity contribution in [2.45, 2.75) is 0 Å². The molecule has 4 nitrogen and oxygen atoms in total. The van der Waals surface area contributed by atoms with Crippen LogP contribution in [0.5, 0.6) is 5.75 Å². The van der Waals surface area contributed by atoms with Crippen LogP contribution in [-0.4, -0.2) is 19.9 Å². The number of rotatable bonds is 1. The highest BCUT2D eigenvalue weighted by Gasteiger charge is 2.02. The van der Waals surface area contributed by atoms with Crippen molar-refractivity contribution >= 4 is 10.9 Å². The van der Waals surface area contributed by atoms with Crippen LogP contribution in [0.2, 0.25) is 0 Å². The van der Waals surface area contributed by atoms with Crippen LogP contribution in [0.1, 0.15) is 0 Å². The van der Waals surface area contributed by atoms with E-state index in [1.807, 2.05) is 30.5 Å². The van der Waals surface area contributed by atoms with Gasteiger partial charge in [-0.15, -0.1) is 0 Å². The van der Waals surface area contributed by atoms with E-state index in [0.717, 1.165) is 16.6 Å². The lowest BCUT2D eigenvalue weighted by Gasteiger charge is -2.04. The van der Waals surface area contributed by atoms with Gasteiger partial charge in [-0.25, -0.2) is 4.68 Å². The summed E-state index contributed by atoms with van der Waals surface area (Å²) in [5.41, 5.74) is 1.68. The first kappa shape index (κ1) is 8.91. The molecule has 78 valence electrons. The van der Waals surface area contributed by atoms with Gasteiger partial charge in [0.1, 0.15) is 5.75 Å². The van der Waals surface area contributed by atoms with Crippen molar-refractivity contribution in [1.82, 2.24) is 14.8 Å². The molecule has 0 spiro atoms. The minimum atomic E-state index is 0.247. The lowest BCUT2D eigenvalue weighted by Crippen LogP contribution is -1.94. The number of fused-ring (bicyclic) bond motifs is 1. The number of nitrogens with zero attached hydrogens (tertiary/aromatic N) is 3. The molecule has 1 aromatic carbocycles. The van der Waals surface area contributed by atoms with Crippen molar-refractivity contribution in [2.75, 3.05) is 0 Å². The van der Waals surface area contributed by atoms with Gasteiger partial charge in [0.15, 0.2) is 0 Å². The molecule has 0 saturated carbocycles. The normalized spacial score (nSPS) is 10.8. The summed E-state index contributed by atoms with van der Waals surface area (Å²) in [5, 5.41) is 14.5. The Morgan fingerprint density at radius 3 is 2.88 bits per heavy atom. The van der Waals surface area contributed by atoms with Crippen LogP contribution >= 0.6 is 0 Å². The summed E-state index contributed by atoms with van der Waals surface area (Å²) in [5.74, 6) is 0.247. The van der Waals surface area contributed by atoms with Crippen LogP contribution in [0.25, 0.3) is 16.6 Å². The van der Waals surface area contributed by atoms with Gasteiger partial charge >= 0.3 is 0 Å². The van der Waals surface area contributed by atoms with Crippen molar-refractivity contribution in [2.24, 2.45) is 0 Å². The fourth-order valence-electron chi connectivity index (χ4n) is 1.69. The average molecular weight is 211 g/mol. The molecule has 1 N–H and O–H groups in total. The summed E-state index contributed by atoms with van der Waals surface area (Å²) >= 11 is 0. The number of aromatic hydroxyl groups is 1. The van der Waals surface area contributed by atoms with E-state index < -0.39 is 0 Å². The van der Waals surface area contributed by atoms with E-state index >= 15 is 0 Å². The van der Waals surface area contributed by atoms with Crippen molar-refractivity contribution in [1.29, 1.82) is 0 Å². The molecule has 0 fully saturated rings. The summed E-state index contributed by atoms with van der Waals surface area (Å²) < 4.78 is 1.76. The lowest BCUT2D eigenvalue weighted by atomic mass is 10.2. The Morgan fingerprint density at radius 2 is 2.06 bits per heavy atom. The Kier molecular flexibility index (Phi) is 1.86. The molecule has 0 amide bonds. The molecule has 4 heteroatoms. The Morgan fingerprint density at radius 1 is 1.12 bits per heavy atom. The standard InChI is InChI=1S/C12H9N3O/c16-12-4-6-13-11-8-9(2-3-10(11)12)15-7-1-5-14-15/h1-8H,(H,13,16). The van der Waals surface area contributed by atoms with E-state index in [1.54, 1.807) is 23.1 Å². The van der Waals surface area contributed by atoms with Crippen LogP contribution in [0.15, 0.2) is 48.9 Å². The summed E-state index contributed by atoms with van der Waals surface area (Å²) in [6.07, 6.45) is 5.18. The van der Waals surface area contributed by atoms with E-state index in [9.17, 15) is 5.11 Å². The topological polar surface area (TPSA) is 50.9 Å². The van der Waals surface area contributed by atoms with Gasteiger partial charge in [-0.05, 0) is 30.3 Å². The van der Waals surface area contributed by atoms with Gasteiger partial charge in [0, 0.05) is 24.0 Å². The summed E-state index contributed by atoms with van der Waals surface area (Å²) in [4.78, 5) is 4.21. The highest BCUT2D eigenvalue weighted by molar-refractivity contribution is 5.86. The predicted octanol–water partition coefficient (Wildman–Crippen LogP) is 2.13. The fourth-order valence-corrected chi connectivity index (χ4v) is 1.69. The van der Waals surface area contributed by atoms with Gasteiger partial charge in [0.25, 0.3) is 0 Å². The lowest BCUT2D eigenvalue weighted by molar-refractivity contribution is 0.481. The van der Waals surface area contributed by atoms with Crippen LogP contribution < -0.4 is 0 Å². The Hall–Kier alpha value is -2.36. The third-order valence-electron chi connectivity index (χ3n) is 2.47. The fraction of sp³-hybridized carbons (Fsp3) is 0. The molecular weight excluding hydrogens is 202 g/mol. The first-order valence-electron chi connectivity index (χ1n) is 4.92. The molecule has 0 bridgehead atoms. The maximum atomic E-state index is 9.63. The van der Waals surface area contributed by atoms with Gasteiger partial charge in [0.05, 0.1) is 11.2 Å². The highest BCUT2D eigenvalue weighted by atomic mass is 16.3. The molecule has 0 aliphatic rings. The summed E-state index contributed by atoms with van der Waals surface area (Å²) in [7, 11) is 0. The molecule has 0 atom stereocenters. The molecule has 16 heavy (non-hydrogen) atoms. The third-order valence-corrected chi connectivity index (χ3v) is 2.47. The van der Waals surface area contributed by atoms with Crippen molar-refractivity contribution in [3.05, 3.63) is 48.9 Å². The average Bonchev–Trinajstić information content (AvgIpc) is 2.82. The van der Waals surface area contributed by atoms with Crippen molar-refractivity contribution < 1.29 is 5.11 Å². The molecule has 2 aromatic heterocycles. The van der Waals surface area contributed by atoms with Gasteiger partial charge in [-0.3, -0.25) is 4.98 Å². The van der Waals surface area contributed by atoms with E-state index in [2.05, 4.69) is 10.1 Å². The van der Waals surface area contributed by atoms with E-state index in [-0.39, 0.29) is 5.75 Å². The maximum absolute atomic E-state index is 9.63. The van der Waals surface area contributed by atoms with Gasteiger partial charge in [-0.2, -0.15) is 5.10 Å². The van der Waals surface area contributed by atoms with Crippen LogP contribution in [0.4, 0.5) is 0 Å². The summed E-state index contributed by atoms with van der Waals surface area (Å²) in [6, 6.07) is 9.07. The molecule has 2 heterocycles. The molecule has 0 unspecified atom stereocenters. The van der Waals surface area contributed by atoms with E-state index in [1.165, 1.54) is 0 Å². The van der Waals surface area contributed by atoms with Crippen molar-refractivity contribution in [3.63, 3.8) is 0 Å². The maximum Gasteiger partial charge on any atom is 0.126 e. The minimum Gasteiger partial charge on any atom is -0.507 e. The highest BCUT2D eigenvalue weighted by Crippen LogP contribution is 2.23. The SMILES string of the molecule is Oc1ccnc2cc(-n3cccn3)ccc12. The Bertz CT molecular complexity index is 632. The molecule has 3 aromatic rings. The van der Waals surface area contributed by atoms with Crippen LogP contribution in [0, 0.1) is 0 Å². The minimum absolute atomic E-state index is 0.247. The Balaban J connectivity index is 2.24. The number of hydrogen-bond acceptors (Lipinski definition) is 3. The van der Waals surface area contributed by atoms with E-state index in [0.29, 0.717) is 0 Å². The quantitative estimate of drug-likeness (QED) is 0.670. The second-order valence-electron chi connectivity index (χ2n) is 3.48. The molecule has 0 saturated heterocycles. The monoisotopic (exact) mass is 211 g/mol. The van der Waals surface area contributed by atoms with Gasteiger partial charge in [0.2, 0.25) is 0 Å². The molecule has 0 aliphatic carbocycles. The van der Waals surface area contributed by atoms with Gasteiger partial charge in [-0.1, -0.05) is 0 Å². The number of hydrogen-bond donors (Lipinski definition) is 1. The summed E-state index contributed by atoms with van der Waals surface area (Å²) in [6.45, 7) is 0. The molecular formula is C12H9N3O. The van der Waals surface area contributed by atoms with E-state index in [4.69, 9.17) is 0 Å². The van der Waals surface area contributed by atoms with Crippen molar-refractivity contribution in [3.8, 4) is 11.4 Å². The zero-order valence-corrected chi connectivity index (χ0v) is 8.41. The molecule has 0 aliphatic heterocycles. The first-order valence-corrected chi connectivity index (χ1v) is 4.92. The second-order valence-corrected chi connectivity index (χ2v) is 3.48.